The van der Waals surface area contributed by atoms with E-state index in [1.165, 1.54) is 20.8 Å². The van der Waals surface area contributed by atoms with Crippen molar-refractivity contribution in [2.75, 3.05) is 6.61 Å². The van der Waals surface area contributed by atoms with E-state index in [1.807, 2.05) is 38.1 Å². The Morgan fingerprint density at radius 3 is 2.68 bits per heavy atom. The van der Waals surface area contributed by atoms with Crippen LogP contribution < -0.4 is 5.56 Å². The third-order valence-corrected chi connectivity index (χ3v) is 8.33. The van der Waals surface area contributed by atoms with Gasteiger partial charge in [-0.05, 0) is 80.8 Å². The summed E-state index contributed by atoms with van der Waals surface area (Å²) in [4.78, 5) is 32.3. The Labute approximate surface area is 219 Å². The summed E-state index contributed by atoms with van der Waals surface area (Å²) in [5.41, 5.74) is 4.37. The first-order chi connectivity index (χ1) is 17.8. The van der Waals surface area contributed by atoms with Crippen molar-refractivity contribution in [2.45, 2.75) is 47.0 Å². The van der Waals surface area contributed by atoms with Crippen LogP contribution >= 0.6 is 11.3 Å². The number of aryl methyl sites for hydroxylation is 3. The number of esters is 1. The summed E-state index contributed by atoms with van der Waals surface area (Å²) in [5.74, 6) is -0.0691. The van der Waals surface area contributed by atoms with Gasteiger partial charge in [0.1, 0.15) is 5.00 Å². The molecule has 1 unspecified atom stereocenters. The molecule has 5 rings (SSSR count). The van der Waals surface area contributed by atoms with E-state index in [0.29, 0.717) is 38.5 Å². The van der Waals surface area contributed by atoms with Crippen LogP contribution in [0.3, 0.4) is 0 Å². The number of ether oxygens (including phenoxy) is 1. The highest BCUT2D eigenvalue weighted by atomic mass is 32.1. The largest absolute Gasteiger partial charge is 0.494 e. The number of aliphatic imine (C=N–C) groups is 1. The van der Waals surface area contributed by atoms with Gasteiger partial charge in [-0.2, -0.15) is 0 Å². The zero-order chi connectivity index (χ0) is 26.3. The van der Waals surface area contributed by atoms with Crippen LogP contribution in [-0.2, 0) is 17.6 Å². The molecular formula is C30H30N2O4S. The Balaban J connectivity index is 1.70. The van der Waals surface area contributed by atoms with Crippen LogP contribution in [0.15, 0.2) is 52.3 Å². The second-order valence-corrected chi connectivity index (χ2v) is 10.8. The fraction of sp³-hybridized carbons (Fsp3) is 0.300. The fourth-order valence-electron chi connectivity index (χ4n) is 4.97. The van der Waals surface area contributed by atoms with Gasteiger partial charge < -0.3 is 9.84 Å². The van der Waals surface area contributed by atoms with Crippen LogP contribution in [0.5, 0.6) is 5.88 Å². The minimum atomic E-state index is -0.365. The molecule has 6 nitrogen and oxygen atoms in total. The van der Waals surface area contributed by atoms with Gasteiger partial charge in [0.2, 0.25) is 5.88 Å². The van der Waals surface area contributed by atoms with Crippen molar-refractivity contribution in [2.24, 2.45) is 10.9 Å². The van der Waals surface area contributed by atoms with Gasteiger partial charge in [0, 0.05) is 21.9 Å². The number of aromatic hydroxyl groups is 1. The van der Waals surface area contributed by atoms with Gasteiger partial charge in [-0.15, -0.1) is 11.3 Å². The van der Waals surface area contributed by atoms with Crippen LogP contribution in [0.25, 0.3) is 16.5 Å². The van der Waals surface area contributed by atoms with Gasteiger partial charge in [0.15, 0.2) is 0 Å². The first-order valence-electron chi connectivity index (χ1n) is 12.6. The van der Waals surface area contributed by atoms with E-state index in [1.54, 1.807) is 31.3 Å². The molecule has 1 atom stereocenters. The Morgan fingerprint density at radius 1 is 1.19 bits per heavy atom. The quantitative estimate of drug-likeness (QED) is 0.246. The summed E-state index contributed by atoms with van der Waals surface area (Å²) >= 11 is 1.51. The maximum atomic E-state index is 13.5. The number of hydrogen-bond acceptors (Lipinski definition) is 6. The molecule has 4 aromatic rings. The fourth-order valence-corrected chi connectivity index (χ4v) is 6.14. The van der Waals surface area contributed by atoms with Crippen molar-refractivity contribution in [1.82, 2.24) is 4.57 Å². The summed E-state index contributed by atoms with van der Waals surface area (Å²) in [7, 11) is 0. The molecule has 1 aliphatic rings. The molecule has 0 aliphatic heterocycles. The second-order valence-electron chi connectivity index (χ2n) is 9.70. The lowest BCUT2D eigenvalue weighted by Crippen LogP contribution is -2.20. The molecule has 0 fully saturated rings. The molecule has 2 aromatic carbocycles. The van der Waals surface area contributed by atoms with E-state index in [0.717, 1.165) is 36.0 Å². The molecule has 0 saturated heterocycles. The third-order valence-electron chi connectivity index (χ3n) is 7.13. The number of rotatable bonds is 5. The normalized spacial score (nSPS) is 15.3. The monoisotopic (exact) mass is 514 g/mol. The highest BCUT2D eigenvalue weighted by Crippen LogP contribution is 2.42. The molecule has 2 aromatic heterocycles. The lowest BCUT2D eigenvalue weighted by Gasteiger charge is -2.18. The first-order valence-corrected chi connectivity index (χ1v) is 13.4. The molecule has 0 spiro atoms. The van der Waals surface area contributed by atoms with Gasteiger partial charge in [-0.1, -0.05) is 31.2 Å². The van der Waals surface area contributed by atoms with Gasteiger partial charge in [0.25, 0.3) is 5.56 Å². The topological polar surface area (TPSA) is 80.9 Å². The van der Waals surface area contributed by atoms with E-state index in [-0.39, 0.29) is 24.0 Å². The number of nitrogens with zero attached hydrogens (tertiary/aromatic N) is 2. The van der Waals surface area contributed by atoms with E-state index in [2.05, 4.69) is 6.92 Å². The molecule has 190 valence electrons. The van der Waals surface area contributed by atoms with E-state index >= 15 is 0 Å². The van der Waals surface area contributed by atoms with Gasteiger partial charge in [-0.25, -0.2) is 14.4 Å². The average molecular weight is 515 g/mol. The van der Waals surface area contributed by atoms with Crippen molar-refractivity contribution in [1.29, 1.82) is 0 Å². The SMILES string of the molecule is CCOC(=O)c1c(N=Cc2c(O)n(-c3ccc(C)c(C)c3)c(=O)c3ccccc23)sc2c1CC(C)CC2. The molecule has 0 radical (unpaired) electrons. The van der Waals surface area contributed by atoms with Crippen molar-refractivity contribution in [3.8, 4) is 11.6 Å². The molecule has 2 heterocycles. The predicted molar refractivity (Wildman–Crippen MR) is 149 cm³/mol. The molecule has 1 aliphatic carbocycles. The van der Waals surface area contributed by atoms with E-state index < -0.39 is 0 Å². The summed E-state index contributed by atoms with van der Waals surface area (Å²) < 4.78 is 6.71. The summed E-state index contributed by atoms with van der Waals surface area (Å²) in [5, 5.41) is 13.1. The highest BCUT2D eigenvalue weighted by molar-refractivity contribution is 7.16. The lowest BCUT2D eigenvalue weighted by atomic mass is 9.88. The van der Waals surface area contributed by atoms with E-state index in [9.17, 15) is 14.7 Å². The summed E-state index contributed by atoms with van der Waals surface area (Å²) in [6.07, 6.45) is 4.37. The van der Waals surface area contributed by atoms with Crippen molar-refractivity contribution >= 4 is 39.3 Å². The highest BCUT2D eigenvalue weighted by Gasteiger charge is 2.28. The third kappa shape index (κ3) is 4.48. The number of carbonyl (C=O) groups is 1. The van der Waals surface area contributed by atoms with Crippen LogP contribution in [-0.4, -0.2) is 28.5 Å². The Morgan fingerprint density at radius 2 is 1.95 bits per heavy atom. The Hall–Kier alpha value is -3.71. The van der Waals surface area contributed by atoms with Crippen molar-refractivity contribution < 1.29 is 14.6 Å². The number of pyridine rings is 1. The van der Waals surface area contributed by atoms with Crippen LogP contribution in [0, 0.1) is 19.8 Å². The smallest absolute Gasteiger partial charge is 0.341 e. The molecule has 37 heavy (non-hydrogen) atoms. The molecule has 7 heteroatoms. The average Bonchev–Trinajstić information content (AvgIpc) is 3.23. The molecular weight excluding hydrogens is 484 g/mol. The maximum absolute atomic E-state index is 13.5. The van der Waals surface area contributed by atoms with Crippen molar-refractivity contribution in [3.05, 3.63) is 85.5 Å². The van der Waals surface area contributed by atoms with Crippen molar-refractivity contribution in [3.63, 3.8) is 0 Å². The van der Waals surface area contributed by atoms with E-state index in [4.69, 9.17) is 9.73 Å². The number of fused-ring (bicyclic) bond motifs is 2. The van der Waals surface area contributed by atoms with Gasteiger partial charge in [-0.3, -0.25) is 4.79 Å². The van der Waals surface area contributed by atoms with Crippen LogP contribution in [0.1, 0.15) is 57.8 Å². The predicted octanol–water partition coefficient (Wildman–Crippen LogP) is 6.43. The van der Waals surface area contributed by atoms with Crippen LogP contribution in [0.4, 0.5) is 5.00 Å². The second kappa shape index (κ2) is 9.98. The minimum Gasteiger partial charge on any atom is -0.494 e. The zero-order valence-corrected chi connectivity index (χ0v) is 22.3. The molecule has 0 amide bonds. The van der Waals surface area contributed by atoms with Gasteiger partial charge in [0.05, 0.1) is 23.4 Å². The Kier molecular flexibility index (Phi) is 6.73. The molecule has 1 N–H and O–H groups in total. The molecule has 0 saturated carbocycles. The number of hydrogen-bond donors (Lipinski definition) is 1. The van der Waals surface area contributed by atoms with Gasteiger partial charge >= 0.3 is 5.97 Å². The number of thiophene rings is 1. The summed E-state index contributed by atoms with van der Waals surface area (Å²) in [6, 6.07) is 12.8. The Bertz CT molecular complexity index is 1610. The number of benzene rings is 2. The van der Waals surface area contributed by atoms with Crippen LogP contribution in [0.2, 0.25) is 0 Å². The summed E-state index contributed by atoms with van der Waals surface area (Å²) in [6.45, 7) is 8.25. The maximum Gasteiger partial charge on any atom is 0.341 e. The zero-order valence-electron chi connectivity index (χ0n) is 21.5. The standard InChI is InChI=1S/C30H30N2O4S/c1-5-36-30(35)26-23-14-17(2)10-13-25(23)37-27(26)31-16-24-21-8-6-7-9-22(21)28(33)32(29(24)34)20-12-11-18(3)19(4)15-20/h6-9,11-12,15-17,34H,5,10,13-14H2,1-4H3. The lowest BCUT2D eigenvalue weighted by molar-refractivity contribution is 0.0526. The minimum absolute atomic E-state index is 0.191. The number of carbonyl (C=O) groups excluding carboxylic acids is 1. The number of aromatic nitrogens is 1. The molecule has 0 bridgehead atoms. The first kappa shape index (κ1) is 25.0.